The summed E-state index contributed by atoms with van der Waals surface area (Å²) in [6.07, 6.45) is 0.602. The fourth-order valence-corrected chi connectivity index (χ4v) is 4.73. The van der Waals surface area contributed by atoms with E-state index in [4.69, 9.17) is 9.47 Å². The Morgan fingerprint density at radius 1 is 1.10 bits per heavy atom. The summed E-state index contributed by atoms with van der Waals surface area (Å²) in [6.45, 7) is 2.61. The largest absolute Gasteiger partial charge is 0.493 e. The number of methoxy groups -OCH3 is 2. The van der Waals surface area contributed by atoms with Gasteiger partial charge in [0.2, 0.25) is 10.0 Å². The van der Waals surface area contributed by atoms with E-state index in [9.17, 15) is 13.2 Å². The Balaban J connectivity index is 1.67. The summed E-state index contributed by atoms with van der Waals surface area (Å²) in [7, 11) is -0.158. The van der Waals surface area contributed by atoms with Crippen molar-refractivity contribution in [2.24, 2.45) is 0 Å². The van der Waals surface area contributed by atoms with E-state index in [1.807, 2.05) is 13.0 Å². The fraction of sp³-hybridized carbons (Fsp3) is 0.350. The number of benzene rings is 2. The van der Waals surface area contributed by atoms with E-state index in [2.05, 4.69) is 10.6 Å². The van der Waals surface area contributed by atoms with Gasteiger partial charge in [-0.25, -0.2) is 13.2 Å². The van der Waals surface area contributed by atoms with Gasteiger partial charge < -0.3 is 20.1 Å². The van der Waals surface area contributed by atoms with Crippen LogP contribution in [-0.4, -0.2) is 41.0 Å². The summed E-state index contributed by atoms with van der Waals surface area (Å²) in [5.41, 5.74) is 2.82. The molecule has 0 unspecified atom stereocenters. The molecule has 1 saturated heterocycles. The summed E-state index contributed by atoms with van der Waals surface area (Å²) >= 11 is 0. The molecule has 0 radical (unpaired) electrons. The van der Waals surface area contributed by atoms with E-state index in [1.54, 1.807) is 44.6 Å². The number of nitrogens with one attached hydrogen (secondary N) is 2. The van der Waals surface area contributed by atoms with Gasteiger partial charge in [0, 0.05) is 18.8 Å². The van der Waals surface area contributed by atoms with Gasteiger partial charge in [0.25, 0.3) is 0 Å². The number of carbonyl (C=O) groups is 1. The number of amides is 2. The number of sulfonamides is 1. The second kappa shape index (κ2) is 8.60. The van der Waals surface area contributed by atoms with E-state index < -0.39 is 10.0 Å². The molecule has 2 N–H and O–H groups in total. The van der Waals surface area contributed by atoms with E-state index >= 15 is 0 Å². The third-order valence-electron chi connectivity index (χ3n) is 4.76. The standard InChI is InChI=1S/C20H25N3O5S/c1-14-5-7-16(23-9-4-10-29(23,25)26)12-17(14)22-20(24)21-13-15-6-8-18(27-2)19(11-15)28-3/h5-8,11-12H,4,9-10,13H2,1-3H3,(H2,21,22,24). The van der Waals surface area contributed by atoms with E-state index in [-0.39, 0.29) is 11.8 Å². The molecule has 1 fully saturated rings. The quantitative estimate of drug-likeness (QED) is 0.750. The first-order chi connectivity index (χ1) is 13.8. The molecule has 0 atom stereocenters. The Morgan fingerprint density at radius 3 is 2.52 bits per heavy atom. The second-order valence-corrected chi connectivity index (χ2v) is 8.75. The summed E-state index contributed by atoms with van der Waals surface area (Å²) in [5, 5.41) is 5.59. The van der Waals surface area contributed by atoms with Gasteiger partial charge in [-0.05, 0) is 48.7 Å². The first-order valence-electron chi connectivity index (χ1n) is 9.21. The van der Waals surface area contributed by atoms with Crippen molar-refractivity contribution in [2.45, 2.75) is 19.9 Å². The predicted octanol–water partition coefficient (Wildman–Crippen LogP) is 2.87. The van der Waals surface area contributed by atoms with Crippen LogP contribution in [0.25, 0.3) is 0 Å². The number of aryl methyl sites for hydroxylation is 1. The van der Waals surface area contributed by atoms with Gasteiger partial charge in [-0.2, -0.15) is 0 Å². The van der Waals surface area contributed by atoms with Crippen molar-refractivity contribution in [1.82, 2.24) is 5.32 Å². The molecule has 156 valence electrons. The number of rotatable bonds is 6. The van der Waals surface area contributed by atoms with Crippen LogP contribution >= 0.6 is 0 Å². The summed E-state index contributed by atoms with van der Waals surface area (Å²) in [6, 6.07) is 10.3. The van der Waals surface area contributed by atoms with Crippen molar-refractivity contribution in [1.29, 1.82) is 0 Å². The summed E-state index contributed by atoms with van der Waals surface area (Å²) < 4.78 is 36.2. The maximum atomic E-state index is 12.4. The van der Waals surface area contributed by atoms with Crippen LogP contribution in [0.15, 0.2) is 36.4 Å². The molecular weight excluding hydrogens is 394 g/mol. The molecule has 8 nitrogen and oxygen atoms in total. The summed E-state index contributed by atoms with van der Waals surface area (Å²) in [4.78, 5) is 12.4. The van der Waals surface area contributed by atoms with Crippen LogP contribution in [0.4, 0.5) is 16.2 Å². The maximum absolute atomic E-state index is 12.4. The molecule has 2 aromatic carbocycles. The van der Waals surface area contributed by atoms with E-state index in [1.165, 1.54) is 4.31 Å². The Kier molecular flexibility index (Phi) is 6.17. The van der Waals surface area contributed by atoms with Gasteiger partial charge in [0.1, 0.15) is 0 Å². The van der Waals surface area contributed by atoms with Gasteiger partial charge >= 0.3 is 6.03 Å². The number of hydrogen-bond acceptors (Lipinski definition) is 5. The number of urea groups is 1. The molecule has 1 aliphatic rings. The zero-order valence-electron chi connectivity index (χ0n) is 16.7. The van der Waals surface area contributed by atoms with Gasteiger partial charge in [0.05, 0.1) is 25.7 Å². The first kappa shape index (κ1) is 20.8. The predicted molar refractivity (Wildman–Crippen MR) is 112 cm³/mol. The lowest BCUT2D eigenvalue weighted by Crippen LogP contribution is -2.29. The lowest BCUT2D eigenvalue weighted by atomic mass is 10.1. The zero-order valence-corrected chi connectivity index (χ0v) is 17.5. The Hall–Kier alpha value is -2.94. The average Bonchev–Trinajstić information content (AvgIpc) is 3.06. The highest BCUT2D eigenvalue weighted by Crippen LogP contribution is 2.29. The van der Waals surface area contributed by atoms with Crippen molar-refractivity contribution in [3.8, 4) is 11.5 Å². The maximum Gasteiger partial charge on any atom is 0.319 e. The van der Waals surface area contributed by atoms with Crippen LogP contribution in [-0.2, 0) is 16.6 Å². The minimum absolute atomic E-state index is 0.148. The van der Waals surface area contributed by atoms with Crippen LogP contribution in [0.5, 0.6) is 11.5 Å². The van der Waals surface area contributed by atoms with E-state index in [0.717, 1.165) is 11.1 Å². The number of hydrogen-bond donors (Lipinski definition) is 2. The van der Waals surface area contributed by atoms with Crippen LogP contribution < -0.4 is 24.4 Å². The SMILES string of the molecule is COc1ccc(CNC(=O)Nc2cc(N3CCCS3(=O)=O)ccc2C)cc1OC. The number of anilines is 2. The zero-order chi connectivity index (χ0) is 21.0. The lowest BCUT2D eigenvalue weighted by Gasteiger charge is -2.19. The Bertz CT molecular complexity index is 1010. The molecule has 2 amide bonds. The number of ether oxygens (including phenoxy) is 2. The molecule has 29 heavy (non-hydrogen) atoms. The second-order valence-electron chi connectivity index (χ2n) is 6.74. The number of carbonyl (C=O) groups excluding carboxylic acids is 1. The van der Waals surface area contributed by atoms with Crippen molar-refractivity contribution in [3.63, 3.8) is 0 Å². The third kappa shape index (κ3) is 4.73. The van der Waals surface area contributed by atoms with Crippen molar-refractivity contribution in [2.75, 3.05) is 36.1 Å². The van der Waals surface area contributed by atoms with Crippen molar-refractivity contribution >= 4 is 27.4 Å². The molecule has 0 spiro atoms. The molecule has 9 heteroatoms. The number of nitrogens with zero attached hydrogens (tertiary/aromatic N) is 1. The molecule has 3 rings (SSSR count). The molecule has 0 aromatic heterocycles. The Morgan fingerprint density at radius 2 is 1.86 bits per heavy atom. The van der Waals surface area contributed by atoms with Gasteiger partial charge in [-0.1, -0.05) is 12.1 Å². The van der Waals surface area contributed by atoms with Gasteiger partial charge in [0.15, 0.2) is 11.5 Å². The summed E-state index contributed by atoms with van der Waals surface area (Å²) in [5.74, 6) is 1.35. The van der Waals surface area contributed by atoms with Crippen molar-refractivity contribution < 1.29 is 22.7 Å². The third-order valence-corrected chi connectivity index (χ3v) is 6.63. The molecule has 0 saturated carbocycles. The minimum Gasteiger partial charge on any atom is -0.493 e. The topological polar surface area (TPSA) is 97.0 Å². The van der Waals surface area contributed by atoms with Crippen molar-refractivity contribution in [3.05, 3.63) is 47.5 Å². The first-order valence-corrected chi connectivity index (χ1v) is 10.8. The molecule has 1 aliphatic heterocycles. The average molecular weight is 420 g/mol. The molecular formula is C20H25N3O5S. The van der Waals surface area contributed by atoms with Gasteiger partial charge in [-0.3, -0.25) is 4.31 Å². The van der Waals surface area contributed by atoms with Crippen LogP contribution in [0.1, 0.15) is 17.5 Å². The highest BCUT2D eigenvalue weighted by Gasteiger charge is 2.28. The smallest absolute Gasteiger partial charge is 0.319 e. The fourth-order valence-electron chi connectivity index (χ4n) is 3.17. The minimum atomic E-state index is -3.27. The van der Waals surface area contributed by atoms with Crippen LogP contribution in [0.2, 0.25) is 0 Å². The van der Waals surface area contributed by atoms with Crippen LogP contribution in [0, 0.1) is 6.92 Å². The van der Waals surface area contributed by atoms with E-state index in [0.29, 0.717) is 42.4 Å². The van der Waals surface area contributed by atoms with Crippen LogP contribution in [0.3, 0.4) is 0 Å². The monoisotopic (exact) mass is 419 g/mol. The highest BCUT2D eigenvalue weighted by molar-refractivity contribution is 7.93. The Labute approximate surface area is 170 Å². The molecule has 1 heterocycles. The molecule has 0 aliphatic carbocycles. The molecule has 0 bridgehead atoms. The lowest BCUT2D eigenvalue weighted by molar-refractivity contribution is 0.251. The highest BCUT2D eigenvalue weighted by atomic mass is 32.2. The molecule has 2 aromatic rings. The van der Waals surface area contributed by atoms with Gasteiger partial charge in [-0.15, -0.1) is 0 Å². The normalized spacial score (nSPS) is 15.1.